The number of carbonyl (C=O) groups excluding carboxylic acids is 2. The van der Waals surface area contributed by atoms with Crippen LogP contribution in [0, 0.1) is 0 Å². The van der Waals surface area contributed by atoms with Crippen molar-refractivity contribution in [3.05, 3.63) is 52.0 Å². The lowest BCUT2D eigenvalue weighted by molar-refractivity contribution is -0.117. The normalized spacial score (nSPS) is 22.9. The van der Waals surface area contributed by atoms with E-state index >= 15 is 0 Å². The third-order valence-corrected chi connectivity index (χ3v) is 7.04. The Balaban J connectivity index is 1.46. The second-order valence-corrected chi connectivity index (χ2v) is 9.83. The monoisotopic (exact) mass is 488 g/mol. The second kappa shape index (κ2) is 8.80. The van der Waals surface area contributed by atoms with E-state index in [4.69, 9.17) is 27.9 Å². The van der Waals surface area contributed by atoms with Gasteiger partial charge in [-0.05, 0) is 55.7 Å². The summed E-state index contributed by atoms with van der Waals surface area (Å²) < 4.78 is 5.64. The molecule has 1 unspecified atom stereocenters. The quantitative estimate of drug-likeness (QED) is 0.670. The molecule has 174 valence electrons. The van der Waals surface area contributed by atoms with E-state index in [2.05, 4.69) is 16.5 Å². The number of hydrogen-bond acceptors (Lipinski definition) is 5. The van der Waals surface area contributed by atoms with Gasteiger partial charge in [-0.25, -0.2) is 9.80 Å². The topological polar surface area (TPSA) is 65.1 Å². The molecular formula is C24H26Cl2N4O3. The number of nitrogens with zero attached hydrogens (tertiary/aromatic N) is 3. The number of nitrogens with one attached hydrogen (secondary N) is 1. The predicted molar refractivity (Wildman–Crippen MR) is 129 cm³/mol. The summed E-state index contributed by atoms with van der Waals surface area (Å²) in [5, 5.41) is 3.05. The van der Waals surface area contributed by atoms with Gasteiger partial charge in [0.25, 0.3) is 0 Å². The summed E-state index contributed by atoms with van der Waals surface area (Å²) >= 11 is 12.2. The minimum atomic E-state index is -0.545. The molecule has 1 N–H and O–H groups in total. The minimum Gasteiger partial charge on any atom is -0.408 e. The van der Waals surface area contributed by atoms with Crippen LogP contribution in [0.25, 0.3) is 0 Å². The number of amides is 2. The number of ether oxygens (including phenoxy) is 1. The van der Waals surface area contributed by atoms with Crippen LogP contribution in [-0.4, -0.2) is 48.7 Å². The second-order valence-electron chi connectivity index (χ2n) is 8.98. The molecule has 0 spiro atoms. The lowest BCUT2D eigenvalue weighted by Crippen LogP contribution is -2.52. The highest BCUT2D eigenvalue weighted by atomic mass is 35.5. The summed E-state index contributed by atoms with van der Waals surface area (Å²) in [4.78, 5) is 29.0. The van der Waals surface area contributed by atoms with Crippen LogP contribution in [0.15, 0.2) is 36.4 Å². The van der Waals surface area contributed by atoms with Crippen LogP contribution < -0.4 is 20.0 Å². The van der Waals surface area contributed by atoms with Gasteiger partial charge < -0.3 is 9.64 Å². The fourth-order valence-electron chi connectivity index (χ4n) is 4.74. The highest BCUT2D eigenvalue weighted by Gasteiger charge is 2.38. The molecule has 2 aromatic carbocycles. The number of fused-ring (bicyclic) bond motifs is 1. The van der Waals surface area contributed by atoms with Crippen molar-refractivity contribution in [1.82, 2.24) is 10.4 Å². The molecule has 33 heavy (non-hydrogen) atoms. The first-order chi connectivity index (χ1) is 15.8. The van der Waals surface area contributed by atoms with Gasteiger partial charge in [-0.3, -0.25) is 15.1 Å². The van der Waals surface area contributed by atoms with Crippen LogP contribution in [0.5, 0.6) is 5.75 Å². The summed E-state index contributed by atoms with van der Waals surface area (Å²) in [5.41, 5.74) is 6.00. The van der Waals surface area contributed by atoms with Crippen molar-refractivity contribution in [3.63, 3.8) is 0 Å². The number of hydrazine groups is 1. The summed E-state index contributed by atoms with van der Waals surface area (Å²) in [7, 11) is 0. The van der Waals surface area contributed by atoms with Gasteiger partial charge in [-0.2, -0.15) is 0 Å². The van der Waals surface area contributed by atoms with Gasteiger partial charge in [0.05, 0.1) is 22.4 Å². The number of anilines is 2. The van der Waals surface area contributed by atoms with Gasteiger partial charge in [-0.15, -0.1) is 0 Å². The van der Waals surface area contributed by atoms with E-state index < -0.39 is 6.09 Å². The zero-order chi connectivity index (χ0) is 23.3. The summed E-state index contributed by atoms with van der Waals surface area (Å²) in [6, 6.07) is 11.2. The highest BCUT2D eigenvalue weighted by Crippen LogP contribution is 2.40. The molecule has 2 heterocycles. The molecule has 1 saturated heterocycles. The molecule has 1 saturated carbocycles. The molecule has 2 atom stereocenters. The van der Waals surface area contributed by atoms with Crippen LogP contribution in [0.3, 0.4) is 0 Å². The first kappa shape index (κ1) is 22.5. The van der Waals surface area contributed by atoms with E-state index in [0.29, 0.717) is 34.9 Å². The van der Waals surface area contributed by atoms with Gasteiger partial charge >= 0.3 is 6.09 Å². The smallest absolute Gasteiger partial charge is 0.408 e. The van der Waals surface area contributed by atoms with Crippen molar-refractivity contribution in [2.45, 2.75) is 44.7 Å². The number of carbonyl (C=O) groups is 2. The van der Waals surface area contributed by atoms with Gasteiger partial charge in [-0.1, -0.05) is 29.3 Å². The van der Waals surface area contributed by atoms with E-state index in [-0.39, 0.29) is 22.7 Å². The van der Waals surface area contributed by atoms with Crippen LogP contribution in [0.2, 0.25) is 10.0 Å². The summed E-state index contributed by atoms with van der Waals surface area (Å²) in [6.45, 7) is 5.57. The van der Waals surface area contributed by atoms with Gasteiger partial charge in [0.15, 0.2) is 5.75 Å². The third kappa shape index (κ3) is 4.43. The van der Waals surface area contributed by atoms with Gasteiger partial charge in [0.1, 0.15) is 0 Å². The SMILES string of the molecule is CC(=O)N1c2ccc(C3CNN(C4CC4)C3)cc2N(C(=O)Oc2ccc(Cl)cc2Cl)C[C@@H]1C. The molecule has 0 bridgehead atoms. The lowest BCUT2D eigenvalue weighted by atomic mass is 9.97. The van der Waals surface area contributed by atoms with Crippen LogP contribution in [0.1, 0.15) is 38.2 Å². The number of benzene rings is 2. The molecule has 0 aromatic heterocycles. The number of halogens is 2. The maximum atomic E-state index is 13.3. The lowest BCUT2D eigenvalue weighted by Gasteiger charge is -2.40. The Hall–Kier alpha value is -2.32. The Labute approximate surface area is 203 Å². The van der Waals surface area contributed by atoms with E-state index in [9.17, 15) is 9.59 Å². The van der Waals surface area contributed by atoms with Crippen molar-refractivity contribution in [3.8, 4) is 5.75 Å². The fourth-order valence-corrected chi connectivity index (χ4v) is 5.18. The summed E-state index contributed by atoms with van der Waals surface area (Å²) in [6.07, 6.45) is 1.93. The van der Waals surface area contributed by atoms with Crippen molar-refractivity contribution >= 4 is 46.6 Å². The Bertz CT molecular complexity index is 1110. The summed E-state index contributed by atoms with van der Waals surface area (Å²) in [5.74, 6) is 0.489. The number of hydrogen-bond donors (Lipinski definition) is 1. The zero-order valence-corrected chi connectivity index (χ0v) is 20.1. The minimum absolute atomic E-state index is 0.0623. The average Bonchev–Trinajstić information content (AvgIpc) is 3.51. The van der Waals surface area contributed by atoms with E-state index in [1.165, 1.54) is 18.9 Å². The zero-order valence-electron chi connectivity index (χ0n) is 18.6. The maximum Gasteiger partial charge on any atom is 0.419 e. The maximum absolute atomic E-state index is 13.3. The van der Waals surface area contributed by atoms with Crippen molar-refractivity contribution in [2.75, 3.05) is 29.4 Å². The molecule has 2 aliphatic heterocycles. The first-order valence-electron chi connectivity index (χ1n) is 11.2. The average molecular weight is 489 g/mol. The molecule has 3 aliphatic rings. The molecule has 2 fully saturated rings. The van der Waals surface area contributed by atoms with Crippen LogP contribution >= 0.6 is 23.2 Å². The fraction of sp³-hybridized carbons (Fsp3) is 0.417. The van der Waals surface area contributed by atoms with Gasteiger partial charge in [0.2, 0.25) is 5.91 Å². The molecule has 2 amide bonds. The van der Waals surface area contributed by atoms with Crippen molar-refractivity contribution in [2.24, 2.45) is 0 Å². The first-order valence-corrected chi connectivity index (χ1v) is 12.0. The molecular weight excluding hydrogens is 463 g/mol. The highest BCUT2D eigenvalue weighted by molar-refractivity contribution is 6.35. The molecule has 1 aliphatic carbocycles. The van der Waals surface area contributed by atoms with Gasteiger partial charge in [0, 0.05) is 43.5 Å². The molecule has 0 radical (unpaired) electrons. The number of rotatable bonds is 3. The van der Waals surface area contributed by atoms with E-state index in [1.807, 2.05) is 19.1 Å². The Morgan fingerprint density at radius 3 is 2.55 bits per heavy atom. The van der Waals surface area contributed by atoms with Crippen molar-refractivity contribution in [1.29, 1.82) is 0 Å². The van der Waals surface area contributed by atoms with Crippen LogP contribution in [-0.2, 0) is 4.79 Å². The largest absolute Gasteiger partial charge is 0.419 e. The predicted octanol–water partition coefficient (Wildman–Crippen LogP) is 4.82. The van der Waals surface area contributed by atoms with E-state index in [0.717, 1.165) is 18.7 Å². The Kier molecular flexibility index (Phi) is 5.99. The Morgan fingerprint density at radius 2 is 1.85 bits per heavy atom. The van der Waals surface area contributed by atoms with E-state index in [1.54, 1.807) is 28.9 Å². The molecule has 7 nitrogen and oxygen atoms in total. The third-order valence-electron chi connectivity index (χ3n) is 6.51. The molecule has 5 rings (SSSR count). The van der Waals surface area contributed by atoms with Crippen molar-refractivity contribution < 1.29 is 14.3 Å². The molecule has 2 aromatic rings. The molecule has 9 heteroatoms. The van der Waals surface area contributed by atoms with Crippen LogP contribution in [0.4, 0.5) is 16.2 Å². The standard InChI is InChI=1S/C24H26Cl2N4O3/c1-14-12-28(24(32)33-23-8-4-18(25)10-20(23)26)22-9-16(3-7-21(22)30(14)15(2)31)17-11-27-29(13-17)19-5-6-19/h3-4,7-10,14,17,19,27H,5-6,11-13H2,1-2H3/t14-,17?/m0/s1. The Morgan fingerprint density at radius 1 is 1.06 bits per heavy atom.